The molecule has 0 fully saturated rings. The van der Waals surface area contributed by atoms with Crippen molar-refractivity contribution in [2.45, 2.75) is 26.5 Å². The first-order valence-corrected chi connectivity index (χ1v) is 7.03. The molecule has 0 saturated carbocycles. The summed E-state index contributed by atoms with van der Waals surface area (Å²) >= 11 is 11.8. The average Bonchev–Trinajstić information content (AvgIpc) is 2.66. The number of nitrogens with one attached hydrogen (secondary N) is 1. The number of ether oxygens (including phenoxy) is 1. The van der Waals surface area contributed by atoms with Crippen LogP contribution in [0.5, 0.6) is 5.75 Å². The summed E-state index contributed by atoms with van der Waals surface area (Å²) < 4.78 is 7.39. The summed E-state index contributed by atoms with van der Waals surface area (Å²) in [5.41, 5.74) is 2.11. The lowest BCUT2D eigenvalue weighted by Gasteiger charge is -2.11. The van der Waals surface area contributed by atoms with Crippen LogP contribution in [0.25, 0.3) is 0 Å². The fourth-order valence-electron chi connectivity index (χ4n) is 1.96. The van der Waals surface area contributed by atoms with E-state index in [1.54, 1.807) is 18.2 Å². The Morgan fingerprint density at radius 2 is 2.05 bits per heavy atom. The molecule has 0 amide bonds. The van der Waals surface area contributed by atoms with Gasteiger partial charge in [-0.3, -0.25) is 0 Å². The molecule has 108 valence electrons. The minimum Gasteiger partial charge on any atom is -0.489 e. The van der Waals surface area contributed by atoms with Gasteiger partial charge in [-0.15, -0.1) is 4.68 Å². The first-order valence-electron chi connectivity index (χ1n) is 6.27. The maximum atomic E-state index is 10.0. The van der Waals surface area contributed by atoms with E-state index in [2.05, 4.69) is 5.10 Å². The lowest BCUT2D eigenvalue weighted by Crippen LogP contribution is -2.45. The Balaban J connectivity index is 1.92. The van der Waals surface area contributed by atoms with Crippen LogP contribution in [-0.2, 0) is 6.54 Å². The molecule has 0 spiro atoms. The summed E-state index contributed by atoms with van der Waals surface area (Å²) in [6, 6.07) is 7.01. The van der Waals surface area contributed by atoms with Crippen LogP contribution in [0.3, 0.4) is 0 Å². The summed E-state index contributed by atoms with van der Waals surface area (Å²) in [7, 11) is 0. The van der Waals surface area contributed by atoms with Crippen LogP contribution in [0.1, 0.15) is 11.4 Å². The molecule has 0 aliphatic carbocycles. The molecule has 1 aromatic carbocycles. The third kappa shape index (κ3) is 3.88. The Morgan fingerprint density at radius 1 is 1.30 bits per heavy atom. The number of aliphatic hydroxyl groups is 1. The zero-order valence-electron chi connectivity index (χ0n) is 11.4. The average molecular weight is 316 g/mol. The molecular formula is C14H17Cl2N2O2+. The summed E-state index contributed by atoms with van der Waals surface area (Å²) in [6.07, 6.45) is -0.636. The molecule has 0 radical (unpaired) electrons. The predicted octanol–water partition coefficient (Wildman–Crippen LogP) is 2.67. The van der Waals surface area contributed by atoms with Crippen LogP contribution in [0.4, 0.5) is 0 Å². The maximum absolute atomic E-state index is 10.0. The van der Waals surface area contributed by atoms with Gasteiger partial charge in [0.25, 0.3) is 0 Å². The van der Waals surface area contributed by atoms with E-state index < -0.39 is 6.10 Å². The van der Waals surface area contributed by atoms with E-state index in [-0.39, 0.29) is 6.61 Å². The van der Waals surface area contributed by atoms with Gasteiger partial charge in [-0.25, -0.2) is 0 Å². The third-order valence-electron chi connectivity index (χ3n) is 2.88. The van der Waals surface area contributed by atoms with Crippen molar-refractivity contribution in [3.63, 3.8) is 0 Å². The standard InChI is InChI=1S/C14H16Cl2N2O2/c1-9-5-10(2)18(17-9)7-12(19)8-20-14-4-3-11(15)6-13(14)16/h3-6,12,19H,7-8H2,1-2H3/p+1/t12-/m0/s1. The first kappa shape index (κ1) is 15.2. The topological polar surface area (TPSA) is 49.1 Å². The molecule has 2 aromatic rings. The van der Waals surface area contributed by atoms with Crippen LogP contribution in [0.2, 0.25) is 10.0 Å². The fourth-order valence-corrected chi connectivity index (χ4v) is 2.42. The summed E-state index contributed by atoms with van der Waals surface area (Å²) in [5.74, 6) is 0.513. The largest absolute Gasteiger partial charge is 0.489 e. The van der Waals surface area contributed by atoms with Crippen LogP contribution >= 0.6 is 23.2 Å². The SMILES string of the molecule is Cc1cc(C)[n+](C[C@H](O)COc2ccc(Cl)cc2Cl)[nH]1. The quantitative estimate of drug-likeness (QED) is 0.833. The van der Waals surface area contributed by atoms with Gasteiger partial charge >= 0.3 is 0 Å². The highest BCUT2D eigenvalue weighted by Gasteiger charge is 2.17. The normalized spacial score (nSPS) is 12.4. The van der Waals surface area contributed by atoms with E-state index >= 15 is 0 Å². The van der Waals surface area contributed by atoms with E-state index in [9.17, 15) is 5.11 Å². The third-order valence-corrected chi connectivity index (χ3v) is 3.41. The summed E-state index contributed by atoms with van der Waals surface area (Å²) in [5, 5.41) is 14.1. The Bertz CT molecular complexity index is 599. The van der Waals surface area contributed by atoms with Gasteiger partial charge in [0.05, 0.1) is 10.7 Å². The van der Waals surface area contributed by atoms with Gasteiger partial charge in [-0.1, -0.05) is 23.2 Å². The van der Waals surface area contributed by atoms with Crippen molar-refractivity contribution in [3.8, 4) is 5.75 Å². The zero-order chi connectivity index (χ0) is 14.7. The lowest BCUT2D eigenvalue weighted by molar-refractivity contribution is -0.761. The highest BCUT2D eigenvalue weighted by Crippen LogP contribution is 2.27. The number of benzene rings is 1. The molecule has 1 atom stereocenters. The number of hydrogen-bond donors (Lipinski definition) is 2. The van der Waals surface area contributed by atoms with Crippen molar-refractivity contribution in [1.29, 1.82) is 0 Å². The molecule has 2 N–H and O–H groups in total. The molecule has 0 saturated heterocycles. The first-order chi connectivity index (χ1) is 9.45. The van der Waals surface area contributed by atoms with E-state index in [1.807, 2.05) is 24.6 Å². The highest BCUT2D eigenvalue weighted by molar-refractivity contribution is 6.35. The van der Waals surface area contributed by atoms with Gasteiger partial charge in [0.2, 0.25) is 12.2 Å². The minimum absolute atomic E-state index is 0.159. The number of aromatic amines is 1. The molecule has 20 heavy (non-hydrogen) atoms. The molecule has 1 heterocycles. The molecule has 0 unspecified atom stereocenters. The Hall–Kier alpha value is -1.23. The minimum atomic E-state index is -0.636. The molecule has 6 heteroatoms. The number of hydrogen-bond acceptors (Lipinski definition) is 2. The number of aryl methyl sites for hydroxylation is 2. The maximum Gasteiger partial charge on any atom is 0.205 e. The van der Waals surface area contributed by atoms with E-state index in [0.717, 1.165) is 11.4 Å². The van der Waals surface area contributed by atoms with Crippen molar-refractivity contribution < 1.29 is 14.5 Å². The number of aliphatic hydroxyl groups excluding tert-OH is 1. The number of aromatic nitrogens is 2. The van der Waals surface area contributed by atoms with Crippen molar-refractivity contribution in [1.82, 2.24) is 5.10 Å². The number of H-pyrrole nitrogens is 1. The summed E-state index contributed by atoms with van der Waals surface area (Å²) in [4.78, 5) is 0. The van der Waals surface area contributed by atoms with Gasteiger partial charge < -0.3 is 9.84 Å². The molecule has 4 nitrogen and oxygen atoms in total. The number of nitrogens with zero attached hydrogens (tertiary/aromatic N) is 1. The van der Waals surface area contributed by atoms with Crippen LogP contribution in [-0.4, -0.2) is 22.9 Å². The molecule has 0 bridgehead atoms. The molecule has 0 aliphatic heterocycles. The van der Waals surface area contributed by atoms with Crippen LogP contribution in [0.15, 0.2) is 24.3 Å². The van der Waals surface area contributed by atoms with Crippen molar-refractivity contribution in [2.24, 2.45) is 0 Å². The van der Waals surface area contributed by atoms with E-state index in [4.69, 9.17) is 27.9 Å². The van der Waals surface area contributed by atoms with Crippen LogP contribution in [0, 0.1) is 13.8 Å². The Morgan fingerprint density at radius 3 is 2.65 bits per heavy atom. The van der Waals surface area contributed by atoms with Gasteiger partial charge in [0, 0.05) is 18.0 Å². The predicted molar refractivity (Wildman–Crippen MR) is 78.4 cm³/mol. The van der Waals surface area contributed by atoms with Crippen molar-refractivity contribution >= 4 is 23.2 Å². The van der Waals surface area contributed by atoms with Gasteiger partial charge in [-0.05, 0) is 25.1 Å². The molecule has 0 aliphatic rings. The van der Waals surface area contributed by atoms with Gasteiger partial charge in [-0.2, -0.15) is 5.10 Å². The Kier molecular flexibility index (Phi) is 4.91. The van der Waals surface area contributed by atoms with Crippen molar-refractivity contribution in [3.05, 3.63) is 45.7 Å². The van der Waals surface area contributed by atoms with Crippen LogP contribution < -0.4 is 9.42 Å². The zero-order valence-corrected chi connectivity index (χ0v) is 12.9. The number of rotatable bonds is 5. The second kappa shape index (κ2) is 6.48. The molecular weight excluding hydrogens is 299 g/mol. The van der Waals surface area contributed by atoms with Gasteiger partial charge in [0.15, 0.2) is 0 Å². The highest BCUT2D eigenvalue weighted by atomic mass is 35.5. The smallest absolute Gasteiger partial charge is 0.205 e. The summed E-state index contributed by atoms with van der Waals surface area (Å²) in [6.45, 7) is 4.55. The Labute approximate surface area is 127 Å². The van der Waals surface area contributed by atoms with E-state index in [1.165, 1.54) is 0 Å². The fraction of sp³-hybridized carbons (Fsp3) is 0.357. The monoisotopic (exact) mass is 315 g/mol. The molecule has 2 rings (SSSR count). The number of halogens is 2. The van der Waals surface area contributed by atoms with Gasteiger partial charge in [0.1, 0.15) is 18.5 Å². The van der Waals surface area contributed by atoms with Crippen molar-refractivity contribution in [2.75, 3.05) is 6.61 Å². The second-order valence-electron chi connectivity index (χ2n) is 4.73. The molecule has 1 aromatic heterocycles. The lowest BCUT2D eigenvalue weighted by atomic mass is 10.3. The van der Waals surface area contributed by atoms with E-state index in [0.29, 0.717) is 22.3 Å². The second-order valence-corrected chi connectivity index (χ2v) is 5.57.